The number of rotatable bonds is 3. The van der Waals surface area contributed by atoms with Crippen LogP contribution in [-0.4, -0.2) is 49.7 Å². The molecule has 0 N–H and O–H groups in total. The van der Waals surface area contributed by atoms with Crippen LogP contribution >= 0.6 is 11.3 Å². The molecule has 3 heterocycles. The minimum absolute atomic E-state index is 0.141. The summed E-state index contributed by atoms with van der Waals surface area (Å²) in [6.07, 6.45) is 3.77. The van der Waals surface area contributed by atoms with Crippen molar-refractivity contribution in [1.82, 2.24) is 9.21 Å². The van der Waals surface area contributed by atoms with Crippen molar-refractivity contribution < 1.29 is 13.2 Å². The van der Waals surface area contributed by atoms with E-state index in [9.17, 15) is 13.2 Å². The Morgan fingerprint density at radius 1 is 1.22 bits per heavy atom. The average molecular weight is 357 g/mol. The lowest BCUT2D eigenvalue weighted by Crippen LogP contribution is -2.48. The molecule has 0 unspecified atom stereocenters. The first-order chi connectivity index (χ1) is 11.0. The number of sulfonamides is 1. The number of piperidine rings is 2. The quantitative estimate of drug-likeness (QED) is 0.836. The molecular formula is C16H24N2O3S2. The molecule has 1 aromatic rings. The van der Waals surface area contributed by atoms with Gasteiger partial charge in [-0.05, 0) is 43.0 Å². The predicted octanol–water partition coefficient (Wildman–Crippen LogP) is 2.41. The van der Waals surface area contributed by atoms with E-state index in [1.165, 1.54) is 22.1 Å². The van der Waals surface area contributed by atoms with Gasteiger partial charge in [-0.1, -0.05) is 13.0 Å². The third-order valence-corrected chi connectivity index (χ3v) is 8.03. The van der Waals surface area contributed by atoms with Crippen molar-refractivity contribution in [2.75, 3.05) is 26.2 Å². The van der Waals surface area contributed by atoms with Crippen LogP contribution < -0.4 is 0 Å². The normalized spacial score (nSPS) is 27.1. The molecule has 2 aliphatic heterocycles. The molecule has 1 aromatic heterocycles. The molecule has 2 fully saturated rings. The van der Waals surface area contributed by atoms with E-state index in [-0.39, 0.29) is 11.8 Å². The Morgan fingerprint density at radius 2 is 2.00 bits per heavy atom. The summed E-state index contributed by atoms with van der Waals surface area (Å²) in [4.78, 5) is 14.7. The summed E-state index contributed by atoms with van der Waals surface area (Å²) >= 11 is 1.24. The van der Waals surface area contributed by atoms with Crippen LogP contribution in [0.5, 0.6) is 0 Å². The van der Waals surface area contributed by atoms with E-state index >= 15 is 0 Å². The van der Waals surface area contributed by atoms with Gasteiger partial charge in [-0.15, -0.1) is 11.3 Å². The second kappa shape index (κ2) is 6.91. The van der Waals surface area contributed by atoms with Crippen molar-refractivity contribution in [1.29, 1.82) is 0 Å². The van der Waals surface area contributed by atoms with Crippen molar-refractivity contribution in [2.45, 2.75) is 36.8 Å². The number of hydrogen-bond acceptors (Lipinski definition) is 4. The average Bonchev–Trinajstić information content (AvgIpc) is 3.09. The minimum atomic E-state index is -3.45. The van der Waals surface area contributed by atoms with Gasteiger partial charge in [0.2, 0.25) is 5.91 Å². The van der Waals surface area contributed by atoms with Gasteiger partial charge in [0.15, 0.2) is 0 Å². The van der Waals surface area contributed by atoms with Gasteiger partial charge in [0.25, 0.3) is 10.0 Å². The van der Waals surface area contributed by atoms with Gasteiger partial charge in [0.1, 0.15) is 4.21 Å². The van der Waals surface area contributed by atoms with Crippen molar-refractivity contribution in [3.05, 3.63) is 17.5 Å². The monoisotopic (exact) mass is 356 g/mol. The lowest BCUT2D eigenvalue weighted by atomic mass is 9.94. The Kier molecular flexibility index (Phi) is 5.08. The molecular weight excluding hydrogens is 332 g/mol. The van der Waals surface area contributed by atoms with Crippen molar-refractivity contribution in [2.24, 2.45) is 11.8 Å². The lowest BCUT2D eigenvalue weighted by molar-refractivity contribution is -0.138. The molecule has 0 aromatic carbocycles. The number of likely N-dealkylation sites (tertiary alicyclic amines) is 1. The van der Waals surface area contributed by atoms with Crippen LogP contribution in [0.3, 0.4) is 0 Å². The second-order valence-corrected chi connectivity index (χ2v) is 9.78. The maximum atomic E-state index is 12.8. The molecule has 0 bridgehead atoms. The van der Waals surface area contributed by atoms with E-state index in [0.717, 1.165) is 32.4 Å². The number of hydrogen-bond donors (Lipinski definition) is 0. The fraction of sp³-hybridized carbons (Fsp3) is 0.688. The predicted molar refractivity (Wildman–Crippen MR) is 90.8 cm³/mol. The zero-order chi connectivity index (χ0) is 16.4. The Balaban J connectivity index is 1.70. The molecule has 0 spiro atoms. The SMILES string of the molecule is C[C@@H]1CCCN(C(=O)[C@@H]2CCCN(S(=O)(=O)c3cccs3)C2)C1. The molecule has 128 valence electrons. The van der Waals surface area contributed by atoms with Gasteiger partial charge in [0, 0.05) is 26.2 Å². The highest BCUT2D eigenvalue weighted by Gasteiger charge is 2.36. The third kappa shape index (κ3) is 3.61. The van der Waals surface area contributed by atoms with Crippen molar-refractivity contribution in [3.8, 4) is 0 Å². The molecule has 2 saturated heterocycles. The zero-order valence-electron chi connectivity index (χ0n) is 13.5. The molecule has 2 atom stereocenters. The number of carbonyl (C=O) groups excluding carboxylic acids is 1. The van der Waals surface area contributed by atoms with Gasteiger partial charge in [-0.25, -0.2) is 8.42 Å². The topological polar surface area (TPSA) is 57.7 Å². The summed E-state index contributed by atoms with van der Waals surface area (Å²) in [5.74, 6) is 0.494. The van der Waals surface area contributed by atoms with Crippen LogP contribution in [0.1, 0.15) is 32.6 Å². The fourth-order valence-corrected chi connectivity index (χ4v) is 6.22. The number of amides is 1. The molecule has 23 heavy (non-hydrogen) atoms. The Labute approximate surface area is 142 Å². The van der Waals surface area contributed by atoms with Crippen LogP contribution in [0.4, 0.5) is 0 Å². The van der Waals surface area contributed by atoms with Gasteiger partial charge in [0.05, 0.1) is 5.92 Å². The molecule has 0 radical (unpaired) electrons. The minimum Gasteiger partial charge on any atom is -0.342 e. The molecule has 1 amide bonds. The van der Waals surface area contributed by atoms with E-state index in [4.69, 9.17) is 0 Å². The Bertz CT molecular complexity index is 642. The highest BCUT2D eigenvalue weighted by atomic mass is 32.2. The summed E-state index contributed by atoms with van der Waals surface area (Å²) in [7, 11) is -3.45. The highest BCUT2D eigenvalue weighted by molar-refractivity contribution is 7.91. The first kappa shape index (κ1) is 16.9. The van der Waals surface area contributed by atoms with Crippen LogP contribution in [0.2, 0.25) is 0 Å². The number of carbonyl (C=O) groups is 1. The van der Waals surface area contributed by atoms with Crippen LogP contribution in [-0.2, 0) is 14.8 Å². The molecule has 0 aliphatic carbocycles. The number of nitrogens with zero attached hydrogens (tertiary/aromatic N) is 2. The van der Waals surface area contributed by atoms with Gasteiger partial charge in [-0.3, -0.25) is 4.79 Å². The summed E-state index contributed by atoms with van der Waals surface area (Å²) < 4.78 is 27.2. The first-order valence-electron chi connectivity index (χ1n) is 8.31. The smallest absolute Gasteiger partial charge is 0.252 e. The summed E-state index contributed by atoms with van der Waals surface area (Å²) in [6.45, 7) is 4.64. The standard InChI is InChI=1S/C16H24N2O3S2/c1-13-5-2-8-17(11-13)16(19)14-6-3-9-18(12-14)23(20,21)15-7-4-10-22-15/h4,7,10,13-14H,2-3,5-6,8-9,11-12H2,1H3/t13-,14-/m1/s1. The van der Waals surface area contributed by atoms with Gasteiger partial charge >= 0.3 is 0 Å². The molecule has 7 heteroatoms. The maximum absolute atomic E-state index is 12.8. The van der Waals surface area contributed by atoms with E-state index in [1.54, 1.807) is 17.5 Å². The van der Waals surface area contributed by atoms with E-state index < -0.39 is 10.0 Å². The van der Waals surface area contributed by atoms with Crippen molar-refractivity contribution >= 4 is 27.3 Å². The Morgan fingerprint density at radius 3 is 2.70 bits per heavy atom. The van der Waals surface area contributed by atoms with Crippen molar-refractivity contribution in [3.63, 3.8) is 0 Å². The van der Waals surface area contributed by atoms with E-state index in [1.807, 2.05) is 4.90 Å². The van der Waals surface area contributed by atoms with E-state index in [2.05, 4.69) is 6.92 Å². The molecule has 5 nitrogen and oxygen atoms in total. The number of thiophene rings is 1. The first-order valence-corrected chi connectivity index (χ1v) is 10.6. The molecule has 0 saturated carbocycles. The van der Waals surface area contributed by atoms with E-state index in [0.29, 0.717) is 23.2 Å². The fourth-order valence-electron chi connectivity index (χ4n) is 3.55. The highest BCUT2D eigenvalue weighted by Crippen LogP contribution is 2.28. The summed E-state index contributed by atoms with van der Waals surface area (Å²) in [5.41, 5.74) is 0. The van der Waals surface area contributed by atoms with Crippen LogP contribution in [0.15, 0.2) is 21.7 Å². The Hall–Kier alpha value is -0.920. The second-order valence-electron chi connectivity index (χ2n) is 6.67. The van der Waals surface area contributed by atoms with Gasteiger partial charge in [-0.2, -0.15) is 4.31 Å². The molecule has 3 rings (SSSR count). The maximum Gasteiger partial charge on any atom is 0.252 e. The largest absolute Gasteiger partial charge is 0.342 e. The molecule has 2 aliphatic rings. The van der Waals surface area contributed by atoms with Gasteiger partial charge < -0.3 is 4.90 Å². The lowest BCUT2D eigenvalue weighted by Gasteiger charge is -2.37. The third-order valence-electron chi connectivity index (χ3n) is 4.79. The zero-order valence-corrected chi connectivity index (χ0v) is 15.1. The summed E-state index contributed by atoms with van der Waals surface area (Å²) in [6, 6.07) is 3.39. The summed E-state index contributed by atoms with van der Waals surface area (Å²) in [5, 5.41) is 1.77. The van der Waals surface area contributed by atoms with Crippen LogP contribution in [0.25, 0.3) is 0 Å². The van der Waals surface area contributed by atoms with Crippen LogP contribution in [0, 0.1) is 11.8 Å².